The van der Waals surface area contributed by atoms with E-state index in [1.807, 2.05) is 0 Å². The zero-order valence-electron chi connectivity index (χ0n) is 21.6. The lowest BCUT2D eigenvalue weighted by Gasteiger charge is -2.40. The van der Waals surface area contributed by atoms with Crippen molar-refractivity contribution in [3.8, 4) is 0 Å². The number of rotatable bonds is 21. The van der Waals surface area contributed by atoms with Gasteiger partial charge in [0.15, 0.2) is 0 Å². The van der Waals surface area contributed by atoms with Gasteiger partial charge in [-0.3, -0.25) is 9.59 Å². The smallest absolute Gasteiger partial charge is 0.235 e. The van der Waals surface area contributed by atoms with Crippen LogP contribution in [0.2, 0.25) is 0 Å². The zero-order valence-corrected chi connectivity index (χ0v) is 21.6. The van der Waals surface area contributed by atoms with Crippen molar-refractivity contribution in [2.24, 2.45) is 17.1 Å². The number of hydrogen-bond acceptors (Lipinski definition) is 2. The molecule has 31 heavy (non-hydrogen) atoms. The van der Waals surface area contributed by atoms with Gasteiger partial charge in [0, 0.05) is 14.1 Å². The quantitative estimate of drug-likeness (QED) is 0.151. The van der Waals surface area contributed by atoms with Crippen LogP contribution in [0.4, 0.5) is 0 Å². The zero-order chi connectivity index (χ0) is 23.5. The van der Waals surface area contributed by atoms with Crippen molar-refractivity contribution < 1.29 is 9.59 Å². The highest BCUT2D eigenvalue weighted by Gasteiger charge is 2.45. The normalized spacial score (nSPS) is 12.7. The van der Waals surface area contributed by atoms with Crippen LogP contribution >= 0.6 is 0 Å². The first-order valence-electron chi connectivity index (χ1n) is 13.4. The second-order valence-electron chi connectivity index (χ2n) is 9.92. The van der Waals surface area contributed by atoms with E-state index in [0.29, 0.717) is 0 Å². The van der Waals surface area contributed by atoms with E-state index in [4.69, 9.17) is 5.73 Å². The predicted octanol–water partition coefficient (Wildman–Crippen LogP) is 7.24. The van der Waals surface area contributed by atoms with Crippen LogP contribution in [0.15, 0.2) is 0 Å². The van der Waals surface area contributed by atoms with E-state index in [0.717, 1.165) is 51.4 Å². The van der Waals surface area contributed by atoms with Crippen LogP contribution in [0, 0.1) is 11.3 Å². The minimum absolute atomic E-state index is 0.109. The average Bonchev–Trinajstić information content (AvgIpc) is 2.74. The summed E-state index contributed by atoms with van der Waals surface area (Å²) in [6, 6.07) is 0. The molecule has 0 bridgehead atoms. The number of primary amides is 1. The second-order valence-corrected chi connectivity index (χ2v) is 9.92. The van der Waals surface area contributed by atoms with E-state index in [-0.39, 0.29) is 11.3 Å². The summed E-state index contributed by atoms with van der Waals surface area (Å²) in [5, 5.41) is 0. The van der Waals surface area contributed by atoms with Crippen LogP contribution in [0.25, 0.3) is 0 Å². The lowest BCUT2D eigenvalue weighted by atomic mass is 9.64. The predicted molar refractivity (Wildman–Crippen MR) is 134 cm³/mol. The lowest BCUT2D eigenvalue weighted by Crippen LogP contribution is -2.49. The van der Waals surface area contributed by atoms with Gasteiger partial charge in [-0.05, 0) is 24.7 Å². The Morgan fingerprint density at radius 3 is 1.35 bits per heavy atom. The van der Waals surface area contributed by atoms with Gasteiger partial charge >= 0.3 is 0 Å². The fourth-order valence-electron chi connectivity index (χ4n) is 4.95. The highest BCUT2D eigenvalue weighted by atomic mass is 16.2. The average molecular weight is 439 g/mol. The molecule has 0 fully saturated rings. The molecule has 184 valence electrons. The summed E-state index contributed by atoms with van der Waals surface area (Å²) in [5.74, 6) is -1.24. The molecule has 1 unspecified atom stereocenters. The standard InChI is InChI=1S/C27H54N2O2/c1-6-9-12-13-14-15-16-17-18-19-20-23-27(21-10-7-2,22-11-8-3)24(25(28)30)26(31)29(4)5/h24H,6-23H2,1-5H3,(H2,28,30). The van der Waals surface area contributed by atoms with Gasteiger partial charge < -0.3 is 10.6 Å². The molecule has 0 aliphatic carbocycles. The molecule has 0 heterocycles. The molecule has 0 aromatic heterocycles. The Morgan fingerprint density at radius 1 is 0.645 bits per heavy atom. The van der Waals surface area contributed by atoms with Gasteiger partial charge in [0.05, 0.1) is 0 Å². The minimum Gasteiger partial charge on any atom is -0.369 e. The van der Waals surface area contributed by atoms with Crippen molar-refractivity contribution in [2.75, 3.05) is 14.1 Å². The number of unbranched alkanes of at least 4 members (excludes halogenated alkanes) is 12. The fourth-order valence-corrected chi connectivity index (χ4v) is 4.95. The maximum Gasteiger partial charge on any atom is 0.235 e. The van der Waals surface area contributed by atoms with Crippen molar-refractivity contribution in [3.05, 3.63) is 0 Å². The van der Waals surface area contributed by atoms with Gasteiger partial charge in [-0.1, -0.05) is 117 Å². The molecule has 0 aromatic carbocycles. The third kappa shape index (κ3) is 12.5. The molecule has 4 nitrogen and oxygen atoms in total. The van der Waals surface area contributed by atoms with Gasteiger partial charge in [-0.15, -0.1) is 0 Å². The van der Waals surface area contributed by atoms with Crippen molar-refractivity contribution in [1.29, 1.82) is 0 Å². The summed E-state index contributed by atoms with van der Waals surface area (Å²) in [5.41, 5.74) is 5.57. The Balaban J connectivity index is 4.83. The highest BCUT2D eigenvalue weighted by molar-refractivity contribution is 6.00. The molecule has 4 heteroatoms. The van der Waals surface area contributed by atoms with E-state index in [1.54, 1.807) is 19.0 Å². The molecule has 0 aromatic rings. The minimum atomic E-state index is -0.691. The first-order chi connectivity index (χ1) is 14.9. The summed E-state index contributed by atoms with van der Waals surface area (Å²) >= 11 is 0. The van der Waals surface area contributed by atoms with Gasteiger partial charge in [-0.25, -0.2) is 0 Å². The van der Waals surface area contributed by atoms with Crippen molar-refractivity contribution in [3.63, 3.8) is 0 Å². The van der Waals surface area contributed by atoms with E-state index in [1.165, 1.54) is 64.2 Å². The molecule has 1 atom stereocenters. The number of hydrogen-bond donors (Lipinski definition) is 1. The number of nitrogens with zero attached hydrogens (tertiary/aromatic N) is 1. The number of carbonyl (C=O) groups is 2. The Hall–Kier alpha value is -1.06. The summed E-state index contributed by atoms with van der Waals surface area (Å²) in [4.78, 5) is 27.0. The van der Waals surface area contributed by atoms with Crippen molar-refractivity contribution in [2.45, 2.75) is 136 Å². The van der Waals surface area contributed by atoms with E-state index in [2.05, 4.69) is 20.8 Å². The number of carbonyl (C=O) groups excluding carboxylic acids is 2. The fraction of sp³-hybridized carbons (Fsp3) is 0.926. The largest absolute Gasteiger partial charge is 0.369 e. The molecule has 2 amide bonds. The van der Waals surface area contributed by atoms with Gasteiger partial charge in [0.25, 0.3) is 0 Å². The molecule has 0 saturated heterocycles. The van der Waals surface area contributed by atoms with Gasteiger partial charge in [-0.2, -0.15) is 0 Å². The van der Waals surface area contributed by atoms with Gasteiger partial charge in [0.1, 0.15) is 5.92 Å². The first kappa shape index (κ1) is 29.9. The van der Waals surface area contributed by atoms with Crippen LogP contribution in [0.1, 0.15) is 136 Å². The molecule has 0 saturated carbocycles. The van der Waals surface area contributed by atoms with Crippen LogP contribution in [-0.4, -0.2) is 30.8 Å². The number of amides is 2. The summed E-state index contributed by atoms with van der Waals surface area (Å²) < 4.78 is 0. The SMILES string of the molecule is CCCCCCCCCCCCCC(CCCC)(CCCC)C(C(N)=O)C(=O)N(C)C. The Bertz CT molecular complexity index is 454. The molecule has 0 aliphatic rings. The summed E-state index contributed by atoms with van der Waals surface area (Å²) in [6.07, 6.45) is 21.4. The van der Waals surface area contributed by atoms with Crippen LogP contribution in [0.5, 0.6) is 0 Å². The Kier molecular flexibility index (Phi) is 17.9. The lowest BCUT2D eigenvalue weighted by molar-refractivity contribution is -0.146. The van der Waals surface area contributed by atoms with Crippen LogP contribution in [0.3, 0.4) is 0 Å². The molecule has 0 rings (SSSR count). The topological polar surface area (TPSA) is 63.4 Å². The maximum absolute atomic E-state index is 13.0. The van der Waals surface area contributed by atoms with Crippen LogP contribution < -0.4 is 5.73 Å². The maximum atomic E-state index is 13.0. The molecule has 0 aliphatic heterocycles. The summed E-state index contributed by atoms with van der Waals surface area (Å²) in [7, 11) is 3.48. The Morgan fingerprint density at radius 2 is 1.00 bits per heavy atom. The highest BCUT2D eigenvalue weighted by Crippen LogP contribution is 2.44. The molecular formula is C27H54N2O2. The van der Waals surface area contributed by atoms with Crippen molar-refractivity contribution >= 4 is 11.8 Å². The first-order valence-corrected chi connectivity index (χ1v) is 13.4. The van der Waals surface area contributed by atoms with Crippen LogP contribution in [-0.2, 0) is 9.59 Å². The van der Waals surface area contributed by atoms with E-state index >= 15 is 0 Å². The van der Waals surface area contributed by atoms with Crippen molar-refractivity contribution in [1.82, 2.24) is 4.90 Å². The van der Waals surface area contributed by atoms with E-state index in [9.17, 15) is 9.59 Å². The summed E-state index contributed by atoms with van der Waals surface area (Å²) in [6.45, 7) is 6.63. The van der Waals surface area contributed by atoms with Gasteiger partial charge in [0.2, 0.25) is 11.8 Å². The van der Waals surface area contributed by atoms with E-state index < -0.39 is 11.8 Å². The molecule has 0 spiro atoms. The third-order valence-corrected chi connectivity index (χ3v) is 6.92. The Labute approximate surface area is 194 Å². The monoisotopic (exact) mass is 438 g/mol. The number of nitrogens with two attached hydrogens (primary N) is 1. The third-order valence-electron chi connectivity index (χ3n) is 6.92. The molecular weight excluding hydrogens is 384 g/mol. The molecule has 2 N–H and O–H groups in total. The second kappa shape index (κ2) is 18.5. The molecule has 0 radical (unpaired) electrons.